The van der Waals surface area contributed by atoms with Crippen molar-refractivity contribution in [3.05, 3.63) is 35.3 Å². The molecule has 0 aliphatic carbocycles. The second kappa shape index (κ2) is 3.12. The van der Waals surface area contributed by atoms with E-state index in [1.807, 2.05) is 0 Å². The maximum absolute atomic E-state index is 4.64. The third kappa shape index (κ3) is 1.31. The first-order valence-corrected chi connectivity index (χ1v) is 5.05. The van der Waals surface area contributed by atoms with E-state index in [0.717, 1.165) is 5.65 Å². The molecular formula is C12H16N2. The normalized spacial score (nSPS) is 11.5. The van der Waals surface area contributed by atoms with Crippen LogP contribution in [-0.4, -0.2) is 9.38 Å². The molecule has 0 aromatic carbocycles. The summed E-state index contributed by atoms with van der Waals surface area (Å²) in [5.74, 6) is 0.496. The second-order valence-electron chi connectivity index (χ2n) is 4.17. The number of aromatic nitrogens is 2. The Morgan fingerprint density at radius 3 is 2.64 bits per heavy atom. The van der Waals surface area contributed by atoms with E-state index in [4.69, 9.17) is 0 Å². The summed E-state index contributed by atoms with van der Waals surface area (Å²) in [5, 5.41) is 0. The van der Waals surface area contributed by atoms with Gasteiger partial charge in [-0.1, -0.05) is 13.8 Å². The van der Waals surface area contributed by atoms with Gasteiger partial charge in [0, 0.05) is 11.9 Å². The van der Waals surface area contributed by atoms with Crippen molar-refractivity contribution < 1.29 is 0 Å². The molecule has 74 valence electrons. The van der Waals surface area contributed by atoms with Gasteiger partial charge in [-0.2, -0.15) is 0 Å². The van der Waals surface area contributed by atoms with Crippen LogP contribution < -0.4 is 0 Å². The van der Waals surface area contributed by atoms with Crippen LogP contribution in [0.1, 0.15) is 36.7 Å². The summed E-state index contributed by atoms with van der Waals surface area (Å²) in [7, 11) is 0. The van der Waals surface area contributed by atoms with Gasteiger partial charge >= 0.3 is 0 Å². The topological polar surface area (TPSA) is 17.3 Å². The van der Waals surface area contributed by atoms with E-state index in [1.54, 1.807) is 0 Å². The Morgan fingerprint density at radius 1 is 1.29 bits per heavy atom. The lowest BCUT2D eigenvalue weighted by Crippen LogP contribution is -1.91. The van der Waals surface area contributed by atoms with Gasteiger partial charge in [-0.05, 0) is 37.5 Å². The fraction of sp³-hybridized carbons (Fsp3) is 0.417. The Hall–Kier alpha value is -1.31. The van der Waals surface area contributed by atoms with Crippen LogP contribution in [0.2, 0.25) is 0 Å². The minimum Gasteiger partial charge on any atom is -0.304 e. The first-order valence-electron chi connectivity index (χ1n) is 5.05. The zero-order valence-corrected chi connectivity index (χ0v) is 9.20. The predicted molar refractivity (Wildman–Crippen MR) is 58.8 cm³/mol. The highest BCUT2D eigenvalue weighted by Crippen LogP contribution is 2.20. The molecule has 0 spiro atoms. The summed E-state index contributed by atoms with van der Waals surface area (Å²) in [5.41, 5.74) is 4.79. The number of pyridine rings is 1. The van der Waals surface area contributed by atoms with Gasteiger partial charge in [0.15, 0.2) is 0 Å². The first-order chi connectivity index (χ1) is 6.59. The van der Waals surface area contributed by atoms with Crippen LogP contribution in [0.15, 0.2) is 18.3 Å². The lowest BCUT2D eigenvalue weighted by atomic mass is 10.1. The molecule has 2 aromatic heterocycles. The highest BCUT2D eigenvalue weighted by Gasteiger charge is 2.10. The summed E-state index contributed by atoms with van der Waals surface area (Å²) < 4.78 is 2.16. The van der Waals surface area contributed by atoms with Gasteiger partial charge in [-0.3, -0.25) is 0 Å². The van der Waals surface area contributed by atoms with Crippen LogP contribution in [-0.2, 0) is 0 Å². The van der Waals surface area contributed by atoms with Crippen LogP contribution in [0, 0.1) is 13.8 Å². The average molecular weight is 188 g/mol. The van der Waals surface area contributed by atoms with Gasteiger partial charge in [0.05, 0.1) is 5.69 Å². The summed E-state index contributed by atoms with van der Waals surface area (Å²) >= 11 is 0. The Balaban J connectivity index is 2.73. The summed E-state index contributed by atoms with van der Waals surface area (Å²) in [6, 6.07) is 4.24. The van der Waals surface area contributed by atoms with Crippen molar-refractivity contribution in [2.45, 2.75) is 33.6 Å². The van der Waals surface area contributed by atoms with E-state index in [2.05, 4.69) is 55.4 Å². The van der Waals surface area contributed by atoms with Crippen molar-refractivity contribution in [1.82, 2.24) is 9.38 Å². The van der Waals surface area contributed by atoms with Crippen molar-refractivity contribution in [2.75, 3.05) is 0 Å². The van der Waals surface area contributed by atoms with Crippen molar-refractivity contribution in [3.63, 3.8) is 0 Å². The number of hydrogen-bond acceptors (Lipinski definition) is 1. The zero-order chi connectivity index (χ0) is 10.3. The van der Waals surface area contributed by atoms with Crippen LogP contribution >= 0.6 is 0 Å². The molecule has 2 heteroatoms. The summed E-state index contributed by atoms with van der Waals surface area (Å²) in [6.45, 7) is 8.59. The molecule has 0 saturated heterocycles. The number of rotatable bonds is 1. The Kier molecular flexibility index (Phi) is 2.06. The standard InChI is InChI=1S/C12H16N2/c1-8(2)12-10(4)14-6-5-9(3)7-11(14)13-12/h5-8H,1-4H3. The Labute approximate surface area is 84.6 Å². The van der Waals surface area contributed by atoms with Gasteiger partial charge in [0.2, 0.25) is 0 Å². The maximum Gasteiger partial charge on any atom is 0.137 e. The van der Waals surface area contributed by atoms with E-state index < -0.39 is 0 Å². The molecule has 0 atom stereocenters. The molecule has 0 bridgehead atoms. The average Bonchev–Trinajstić information content (AvgIpc) is 2.43. The van der Waals surface area contributed by atoms with E-state index in [9.17, 15) is 0 Å². The number of imidazole rings is 1. The lowest BCUT2D eigenvalue weighted by Gasteiger charge is -2.01. The quantitative estimate of drug-likeness (QED) is 0.672. The Morgan fingerprint density at radius 2 is 2.00 bits per heavy atom. The molecule has 0 aliphatic heterocycles. The van der Waals surface area contributed by atoms with Gasteiger partial charge in [0.1, 0.15) is 5.65 Å². The molecule has 0 fully saturated rings. The van der Waals surface area contributed by atoms with Gasteiger partial charge in [-0.15, -0.1) is 0 Å². The minimum absolute atomic E-state index is 0.496. The number of aryl methyl sites for hydroxylation is 2. The summed E-state index contributed by atoms with van der Waals surface area (Å²) in [6.07, 6.45) is 2.10. The lowest BCUT2D eigenvalue weighted by molar-refractivity contribution is 0.821. The number of fused-ring (bicyclic) bond motifs is 1. The maximum atomic E-state index is 4.64. The highest BCUT2D eigenvalue weighted by molar-refractivity contribution is 5.45. The molecule has 0 amide bonds. The van der Waals surface area contributed by atoms with Crippen LogP contribution in [0.25, 0.3) is 5.65 Å². The van der Waals surface area contributed by atoms with Gasteiger partial charge < -0.3 is 4.40 Å². The van der Waals surface area contributed by atoms with Crippen LogP contribution in [0.4, 0.5) is 0 Å². The molecule has 14 heavy (non-hydrogen) atoms. The Bertz CT molecular complexity index is 466. The zero-order valence-electron chi connectivity index (χ0n) is 9.20. The molecular weight excluding hydrogens is 172 g/mol. The first kappa shape index (κ1) is 9.25. The number of nitrogens with zero attached hydrogens (tertiary/aromatic N) is 2. The fourth-order valence-electron chi connectivity index (χ4n) is 1.83. The van der Waals surface area contributed by atoms with E-state index in [-0.39, 0.29) is 0 Å². The predicted octanol–water partition coefficient (Wildman–Crippen LogP) is 3.07. The third-order valence-electron chi connectivity index (χ3n) is 2.60. The third-order valence-corrected chi connectivity index (χ3v) is 2.60. The van der Waals surface area contributed by atoms with E-state index >= 15 is 0 Å². The number of hydrogen-bond donors (Lipinski definition) is 0. The molecule has 0 radical (unpaired) electrons. The highest BCUT2D eigenvalue weighted by atomic mass is 15.0. The van der Waals surface area contributed by atoms with Crippen LogP contribution in [0.5, 0.6) is 0 Å². The molecule has 2 aromatic rings. The van der Waals surface area contributed by atoms with Gasteiger partial charge in [-0.25, -0.2) is 4.98 Å². The molecule has 2 rings (SSSR count). The largest absolute Gasteiger partial charge is 0.304 e. The molecule has 2 nitrogen and oxygen atoms in total. The van der Waals surface area contributed by atoms with E-state index in [0.29, 0.717) is 5.92 Å². The SMILES string of the molecule is Cc1ccn2c(C)c(C(C)C)nc2c1. The minimum atomic E-state index is 0.496. The molecule has 0 unspecified atom stereocenters. The van der Waals surface area contributed by atoms with Crippen molar-refractivity contribution in [3.8, 4) is 0 Å². The monoisotopic (exact) mass is 188 g/mol. The van der Waals surface area contributed by atoms with Crippen LogP contribution in [0.3, 0.4) is 0 Å². The van der Waals surface area contributed by atoms with Crippen molar-refractivity contribution >= 4 is 5.65 Å². The molecule has 0 aliphatic rings. The smallest absolute Gasteiger partial charge is 0.137 e. The van der Waals surface area contributed by atoms with Crippen molar-refractivity contribution in [2.24, 2.45) is 0 Å². The van der Waals surface area contributed by atoms with Gasteiger partial charge in [0.25, 0.3) is 0 Å². The molecule has 2 heterocycles. The van der Waals surface area contributed by atoms with E-state index in [1.165, 1.54) is 17.0 Å². The summed E-state index contributed by atoms with van der Waals surface area (Å²) in [4.78, 5) is 4.64. The van der Waals surface area contributed by atoms with Crippen molar-refractivity contribution in [1.29, 1.82) is 0 Å². The fourth-order valence-corrected chi connectivity index (χ4v) is 1.83. The molecule has 0 saturated carbocycles. The second-order valence-corrected chi connectivity index (χ2v) is 4.17. The molecule has 0 N–H and O–H groups in total.